The SMILES string of the molecule is O=c1c2cnccc2c2cc3c(nc2c(=O)n1-c1ccccc1)c1ccccc1n3-c1ccc(-c2nc(-c3ccccc3)nc(-c3ccccc3)n2)cc1. The highest BCUT2D eigenvalue weighted by atomic mass is 16.2. The highest BCUT2D eigenvalue weighted by Gasteiger charge is 2.20. The van der Waals surface area contributed by atoms with E-state index in [1.165, 1.54) is 10.8 Å². The van der Waals surface area contributed by atoms with Gasteiger partial charge in [-0.15, -0.1) is 0 Å². The zero-order chi connectivity index (χ0) is 36.2. The quantitative estimate of drug-likeness (QED) is 0.177. The van der Waals surface area contributed by atoms with Crippen LogP contribution in [0.4, 0.5) is 0 Å². The van der Waals surface area contributed by atoms with Crippen molar-refractivity contribution in [3.05, 3.63) is 185 Å². The van der Waals surface area contributed by atoms with Gasteiger partial charge < -0.3 is 4.57 Å². The second-order valence-corrected chi connectivity index (χ2v) is 12.9. The van der Waals surface area contributed by atoms with Gasteiger partial charge in [0.05, 0.1) is 27.6 Å². The third kappa shape index (κ3) is 5.06. The molecule has 10 aromatic rings. The van der Waals surface area contributed by atoms with Crippen molar-refractivity contribution in [1.82, 2.24) is 34.1 Å². The molecule has 0 saturated carbocycles. The van der Waals surface area contributed by atoms with Crippen LogP contribution in [0.2, 0.25) is 0 Å². The van der Waals surface area contributed by atoms with E-state index >= 15 is 0 Å². The van der Waals surface area contributed by atoms with Crippen molar-refractivity contribution in [3.63, 3.8) is 0 Å². The Morgan fingerprint density at radius 3 is 1.59 bits per heavy atom. The summed E-state index contributed by atoms with van der Waals surface area (Å²) >= 11 is 0. The molecule has 254 valence electrons. The molecule has 9 nitrogen and oxygen atoms in total. The molecule has 0 bridgehead atoms. The fourth-order valence-electron chi connectivity index (χ4n) is 7.14. The fourth-order valence-corrected chi connectivity index (χ4v) is 7.14. The van der Waals surface area contributed by atoms with Crippen molar-refractivity contribution in [2.75, 3.05) is 0 Å². The topological polar surface area (TPSA) is 108 Å². The van der Waals surface area contributed by atoms with Gasteiger partial charge in [-0.3, -0.25) is 14.6 Å². The van der Waals surface area contributed by atoms with E-state index in [0.29, 0.717) is 44.8 Å². The average molecular weight is 698 g/mol. The van der Waals surface area contributed by atoms with E-state index in [1.54, 1.807) is 36.5 Å². The Morgan fingerprint density at radius 2 is 0.944 bits per heavy atom. The highest BCUT2D eigenvalue weighted by Crippen LogP contribution is 2.34. The van der Waals surface area contributed by atoms with Crippen molar-refractivity contribution >= 4 is 43.6 Å². The molecule has 54 heavy (non-hydrogen) atoms. The van der Waals surface area contributed by atoms with Gasteiger partial charge in [0.1, 0.15) is 5.52 Å². The molecule has 0 N–H and O–H groups in total. The van der Waals surface area contributed by atoms with Crippen molar-refractivity contribution in [1.29, 1.82) is 0 Å². The molecule has 0 amide bonds. The summed E-state index contributed by atoms with van der Waals surface area (Å²) in [6.07, 6.45) is 3.15. The number of fused-ring (bicyclic) bond motifs is 6. The molecule has 5 aromatic heterocycles. The van der Waals surface area contributed by atoms with Gasteiger partial charge in [0.25, 0.3) is 11.1 Å². The van der Waals surface area contributed by atoms with Crippen LogP contribution < -0.4 is 11.1 Å². The number of aromatic nitrogens is 7. The zero-order valence-corrected chi connectivity index (χ0v) is 28.5. The van der Waals surface area contributed by atoms with Crippen molar-refractivity contribution < 1.29 is 0 Å². The first-order valence-electron chi connectivity index (χ1n) is 17.4. The van der Waals surface area contributed by atoms with Gasteiger partial charge in [-0.1, -0.05) is 97.1 Å². The molecule has 0 spiro atoms. The van der Waals surface area contributed by atoms with Crippen LogP contribution in [0.5, 0.6) is 0 Å². The first kappa shape index (κ1) is 31.1. The van der Waals surface area contributed by atoms with Gasteiger partial charge in [-0.05, 0) is 60.0 Å². The van der Waals surface area contributed by atoms with Crippen LogP contribution in [0.3, 0.4) is 0 Å². The third-order valence-corrected chi connectivity index (χ3v) is 9.69. The van der Waals surface area contributed by atoms with Crippen molar-refractivity contribution in [2.45, 2.75) is 0 Å². The van der Waals surface area contributed by atoms with Gasteiger partial charge in [0.2, 0.25) is 0 Å². The van der Waals surface area contributed by atoms with Crippen LogP contribution in [0.1, 0.15) is 0 Å². The second-order valence-electron chi connectivity index (χ2n) is 12.9. The largest absolute Gasteiger partial charge is 0.308 e. The summed E-state index contributed by atoms with van der Waals surface area (Å²) in [6, 6.07) is 48.5. The van der Waals surface area contributed by atoms with E-state index in [9.17, 15) is 9.59 Å². The van der Waals surface area contributed by atoms with Crippen LogP contribution in [-0.2, 0) is 0 Å². The van der Waals surface area contributed by atoms with Crippen LogP contribution >= 0.6 is 0 Å². The standard InChI is InChI=1S/C45H27N7O2/c53-44-36-27-46-25-24-33(36)35-26-38-39(47-40(35)45(54)52(44)31-16-8-3-9-17-31)34-18-10-11-19-37(34)51(38)32-22-20-30(21-23-32)43-49-41(28-12-4-1-5-13-28)48-42(50-43)29-14-6-2-7-15-29/h1-27H. The Hall–Kier alpha value is -7.65. The predicted molar refractivity (Wildman–Crippen MR) is 213 cm³/mol. The van der Waals surface area contributed by atoms with E-state index in [0.717, 1.165) is 38.8 Å². The smallest absolute Gasteiger partial charge is 0.284 e. The van der Waals surface area contributed by atoms with Gasteiger partial charge >= 0.3 is 0 Å². The molecule has 0 aliphatic heterocycles. The number of benzene rings is 5. The Bertz CT molecular complexity index is 3130. The summed E-state index contributed by atoms with van der Waals surface area (Å²) in [5.41, 5.74) is 5.57. The van der Waals surface area contributed by atoms with Gasteiger partial charge in [-0.25, -0.2) is 24.5 Å². The minimum absolute atomic E-state index is 0.196. The van der Waals surface area contributed by atoms with Crippen LogP contribution in [0.25, 0.3) is 89.2 Å². The number of para-hydroxylation sites is 2. The summed E-state index contributed by atoms with van der Waals surface area (Å²) in [6.45, 7) is 0. The molecule has 0 radical (unpaired) electrons. The van der Waals surface area contributed by atoms with E-state index in [1.807, 2.05) is 121 Å². The summed E-state index contributed by atoms with van der Waals surface area (Å²) in [5.74, 6) is 1.74. The van der Waals surface area contributed by atoms with Gasteiger partial charge in [-0.2, -0.15) is 0 Å². The molecule has 0 aliphatic rings. The van der Waals surface area contributed by atoms with Crippen molar-refractivity contribution in [2.24, 2.45) is 0 Å². The molecule has 0 fully saturated rings. The molecule has 0 saturated heterocycles. The van der Waals surface area contributed by atoms with E-state index in [2.05, 4.69) is 9.55 Å². The lowest BCUT2D eigenvalue weighted by Gasteiger charge is -2.11. The van der Waals surface area contributed by atoms with Crippen molar-refractivity contribution in [3.8, 4) is 45.5 Å². The zero-order valence-electron chi connectivity index (χ0n) is 28.5. The summed E-state index contributed by atoms with van der Waals surface area (Å²) in [5, 5.41) is 2.35. The Labute approximate surface area is 307 Å². The second kappa shape index (κ2) is 12.5. The number of nitrogens with zero attached hydrogens (tertiary/aromatic N) is 7. The predicted octanol–water partition coefficient (Wildman–Crippen LogP) is 8.58. The van der Waals surface area contributed by atoms with E-state index in [4.69, 9.17) is 19.9 Å². The molecular weight excluding hydrogens is 671 g/mol. The molecular formula is C45H27N7O2. The molecule has 0 aliphatic carbocycles. The maximum atomic E-state index is 14.4. The first-order chi connectivity index (χ1) is 26.6. The molecule has 5 heterocycles. The number of rotatable bonds is 5. The molecule has 0 atom stereocenters. The monoisotopic (exact) mass is 697 g/mol. The Balaban J connectivity index is 1.19. The Kier molecular flexibility index (Phi) is 7.22. The maximum absolute atomic E-state index is 14.4. The fraction of sp³-hybridized carbons (Fsp3) is 0. The van der Waals surface area contributed by atoms with Crippen LogP contribution in [0, 0.1) is 0 Å². The lowest BCUT2D eigenvalue weighted by molar-refractivity contribution is 0.971. The average Bonchev–Trinajstić information content (AvgIpc) is 3.53. The molecule has 0 unspecified atom stereocenters. The minimum Gasteiger partial charge on any atom is -0.308 e. The summed E-state index contributed by atoms with van der Waals surface area (Å²) < 4.78 is 3.32. The first-order valence-corrected chi connectivity index (χ1v) is 17.4. The molecule has 9 heteroatoms. The minimum atomic E-state index is -0.498. The normalized spacial score (nSPS) is 11.5. The highest BCUT2D eigenvalue weighted by molar-refractivity contribution is 6.14. The van der Waals surface area contributed by atoms with Crippen LogP contribution in [0.15, 0.2) is 174 Å². The number of hydrogen-bond donors (Lipinski definition) is 0. The molecule has 10 rings (SSSR count). The number of hydrogen-bond acceptors (Lipinski definition) is 7. The van der Waals surface area contributed by atoms with Gasteiger partial charge in [0, 0.05) is 45.5 Å². The summed E-state index contributed by atoms with van der Waals surface area (Å²) in [7, 11) is 0. The maximum Gasteiger partial charge on any atom is 0.284 e. The lowest BCUT2D eigenvalue weighted by Crippen LogP contribution is -2.28. The third-order valence-electron chi connectivity index (χ3n) is 9.69. The Morgan fingerprint density at radius 1 is 0.389 bits per heavy atom. The summed E-state index contributed by atoms with van der Waals surface area (Å²) in [4.78, 5) is 52.4. The number of pyridine rings is 2. The van der Waals surface area contributed by atoms with Gasteiger partial charge in [0.15, 0.2) is 17.5 Å². The molecule has 5 aromatic carbocycles. The lowest BCUT2D eigenvalue weighted by atomic mass is 10.1. The van der Waals surface area contributed by atoms with E-state index in [-0.39, 0.29) is 5.52 Å². The van der Waals surface area contributed by atoms with E-state index < -0.39 is 11.1 Å². The van der Waals surface area contributed by atoms with Crippen LogP contribution in [-0.4, -0.2) is 34.1 Å².